The molecule has 8 heteroatoms. The lowest BCUT2D eigenvalue weighted by Gasteiger charge is -2.08. The lowest BCUT2D eigenvalue weighted by atomic mass is 10.2. The van der Waals surface area contributed by atoms with Crippen molar-refractivity contribution in [3.8, 4) is 0 Å². The van der Waals surface area contributed by atoms with Crippen LogP contribution in [0.5, 0.6) is 0 Å². The monoisotopic (exact) mass is 334 g/mol. The first-order valence-corrected chi connectivity index (χ1v) is 8.27. The van der Waals surface area contributed by atoms with E-state index in [0.29, 0.717) is 4.34 Å². The molecule has 108 valence electrons. The van der Waals surface area contributed by atoms with Gasteiger partial charge in [0.15, 0.2) is 0 Å². The second kappa shape index (κ2) is 5.69. The first-order chi connectivity index (χ1) is 9.29. The van der Waals surface area contributed by atoms with E-state index in [1.807, 2.05) is 0 Å². The minimum atomic E-state index is -3.82. The fourth-order valence-electron chi connectivity index (χ4n) is 1.53. The molecule has 1 aromatic heterocycles. The Kier molecular flexibility index (Phi) is 4.33. The Balaban J connectivity index is 2.22. The number of sulfonamides is 1. The third kappa shape index (κ3) is 3.29. The topological polar surface area (TPSA) is 72.2 Å². The molecular weight excluding hydrogens is 323 g/mol. The van der Waals surface area contributed by atoms with Gasteiger partial charge in [0.05, 0.1) is 9.23 Å². The van der Waals surface area contributed by atoms with Crippen molar-refractivity contribution in [2.24, 2.45) is 0 Å². The minimum absolute atomic E-state index is 0.0924. The molecule has 20 heavy (non-hydrogen) atoms. The van der Waals surface area contributed by atoms with E-state index in [0.717, 1.165) is 10.9 Å². The number of nitrogens with two attached hydrogens (primary N) is 1. The van der Waals surface area contributed by atoms with E-state index in [1.165, 1.54) is 24.3 Å². The van der Waals surface area contributed by atoms with Crippen molar-refractivity contribution < 1.29 is 12.8 Å². The number of halogens is 2. The van der Waals surface area contributed by atoms with Gasteiger partial charge in [0.2, 0.25) is 10.0 Å². The lowest BCUT2D eigenvalue weighted by Crippen LogP contribution is -2.23. The van der Waals surface area contributed by atoms with Crippen molar-refractivity contribution in [2.75, 3.05) is 5.73 Å². The second-order valence-electron chi connectivity index (χ2n) is 4.15. The molecule has 0 aliphatic heterocycles. The molecule has 3 N–H and O–H groups in total. The maximum atomic E-state index is 13.5. The van der Waals surface area contributed by atoms with Gasteiger partial charge in [-0.2, -0.15) is 0 Å². The van der Waals surface area contributed by atoms with Crippen LogP contribution in [0, 0.1) is 12.7 Å². The number of hydrogen-bond acceptors (Lipinski definition) is 4. The van der Waals surface area contributed by atoms with Gasteiger partial charge in [-0.1, -0.05) is 11.6 Å². The predicted molar refractivity (Wildman–Crippen MR) is 78.9 cm³/mol. The van der Waals surface area contributed by atoms with Crippen molar-refractivity contribution in [1.82, 2.24) is 4.72 Å². The zero-order chi connectivity index (χ0) is 14.9. The Morgan fingerprint density at radius 1 is 1.40 bits per heavy atom. The molecule has 4 nitrogen and oxygen atoms in total. The quantitative estimate of drug-likeness (QED) is 0.844. The van der Waals surface area contributed by atoms with Gasteiger partial charge in [-0.15, -0.1) is 11.3 Å². The molecule has 0 aliphatic rings. The van der Waals surface area contributed by atoms with Crippen molar-refractivity contribution in [3.63, 3.8) is 0 Å². The van der Waals surface area contributed by atoms with Crippen LogP contribution in [0.3, 0.4) is 0 Å². The molecule has 1 aromatic carbocycles. The van der Waals surface area contributed by atoms with Crippen LogP contribution in [-0.2, 0) is 16.6 Å². The first kappa shape index (κ1) is 15.2. The maximum Gasteiger partial charge on any atom is 0.241 e. The summed E-state index contributed by atoms with van der Waals surface area (Å²) in [5.74, 6) is -0.649. The van der Waals surface area contributed by atoms with Crippen molar-refractivity contribution in [1.29, 1.82) is 0 Å². The third-order valence-electron chi connectivity index (χ3n) is 2.73. The Bertz CT molecular complexity index is 721. The van der Waals surface area contributed by atoms with Gasteiger partial charge in [-0.25, -0.2) is 17.5 Å². The van der Waals surface area contributed by atoms with Gasteiger partial charge in [0, 0.05) is 22.7 Å². The molecule has 2 aromatic rings. The fourth-order valence-corrected chi connectivity index (χ4v) is 3.70. The Hall–Kier alpha value is -1.15. The molecule has 2 rings (SSSR count). The molecule has 0 saturated carbocycles. The van der Waals surface area contributed by atoms with Crippen LogP contribution in [0.15, 0.2) is 29.2 Å². The van der Waals surface area contributed by atoms with Crippen LogP contribution in [0.25, 0.3) is 0 Å². The van der Waals surface area contributed by atoms with E-state index >= 15 is 0 Å². The maximum absolute atomic E-state index is 13.5. The van der Waals surface area contributed by atoms with E-state index in [9.17, 15) is 12.8 Å². The Labute approximate surface area is 125 Å². The molecule has 0 atom stereocenters. The molecule has 0 amide bonds. The minimum Gasteiger partial charge on any atom is -0.398 e. The second-order valence-corrected chi connectivity index (χ2v) is 7.72. The van der Waals surface area contributed by atoms with Gasteiger partial charge in [-0.3, -0.25) is 0 Å². The summed E-state index contributed by atoms with van der Waals surface area (Å²) in [5.41, 5.74) is 5.91. The van der Waals surface area contributed by atoms with Crippen molar-refractivity contribution >= 4 is 38.6 Å². The van der Waals surface area contributed by atoms with Gasteiger partial charge < -0.3 is 5.73 Å². The molecular formula is C12H12ClFN2O2S2. The van der Waals surface area contributed by atoms with E-state index in [-0.39, 0.29) is 22.7 Å². The predicted octanol–water partition coefficient (Wildman–Crippen LogP) is 2.91. The summed E-state index contributed by atoms with van der Waals surface area (Å²) >= 11 is 7.03. The molecule has 0 aliphatic carbocycles. The van der Waals surface area contributed by atoms with E-state index in [4.69, 9.17) is 17.3 Å². The number of nitrogen functional groups attached to an aromatic ring is 1. The van der Waals surface area contributed by atoms with Crippen molar-refractivity contribution in [3.05, 3.63) is 44.9 Å². The van der Waals surface area contributed by atoms with Gasteiger partial charge in [-0.05, 0) is 31.2 Å². The number of thiophene rings is 1. The highest BCUT2D eigenvalue weighted by molar-refractivity contribution is 7.89. The number of anilines is 1. The van der Waals surface area contributed by atoms with Crippen LogP contribution in [0.2, 0.25) is 4.34 Å². The molecule has 1 heterocycles. The zero-order valence-electron chi connectivity index (χ0n) is 10.5. The molecule has 0 radical (unpaired) electrons. The molecule has 0 unspecified atom stereocenters. The SMILES string of the molecule is Cc1c(N)cc(S(=O)(=O)NCc2ccc(Cl)s2)cc1F. The summed E-state index contributed by atoms with van der Waals surface area (Å²) < 4.78 is 40.6. The fraction of sp³-hybridized carbons (Fsp3) is 0.167. The van der Waals surface area contributed by atoms with E-state index in [1.54, 1.807) is 12.1 Å². The number of nitrogens with one attached hydrogen (secondary N) is 1. The third-order valence-corrected chi connectivity index (χ3v) is 5.35. The average molecular weight is 335 g/mol. The average Bonchev–Trinajstić information content (AvgIpc) is 2.79. The van der Waals surface area contributed by atoms with Crippen LogP contribution >= 0.6 is 22.9 Å². The summed E-state index contributed by atoms with van der Waals surface area (Å²) in [6.07, 6.45) is 0. The summed E-state index contributed by atoms with van der Waals surface area (Å²) in [4.78, 5) is 0.569. The molecule has 0 saturated heterocycles. The Morgan fingerprint density at radius 3 is 2.65 bits per heavy atom. The van der Waals surface area contributed by atoms with Crippen LogP contribution in [-0.4, -0.2) is 8.42 Å². The zero-order valence-corrected chi connectivity index (χ0v) is 12.9. The van der Waals surface area contributed by atoms with Gasteiger partial charge >= 0.3 is 0 Å². The largest absolute Gasteiger partial charge is 0.398 e. The van der Waals surface area contributed by atoms with E-state index < -0.39 is 15.8 Å². The highest BCUT2D eigenvalue weighted by atomic mass is 35.5. The van der Waals surface area contributed by atoms with Crippen molar-refractivity contribution in [2.45, 2.75) is 18.4 Å². The summed E-state index contributed by atoms with van der Waals surface area (Å²) in [7, 11) is -3.82. The highest BCUT2D eigenvalue weighted by Crippen LogP contribution is 2.23. The Morgan fingerprint density at radius 2 is 2.10 bits per heavy atom. The lowest BCUT2D eigenvalue weighted by molar-refractivity contribution is 0.577. The number of rotatable bonds is 4. The molecule has 0 fully saturated rings. The number of hydrogen-bond donors (Lipinski definition) is 2. The normalized spacial score (nSPS) is 11.8. The summed E-state index contributed by atoms with van der Waals surface area (Å²) in [6, 6.07) is 5.59. The highest BCUT2D eigenvalue weighted by Gasteiger charge is 2.17. The number of benzene rings is 1. The first-order valence-electron chi connectivity index (χ1n) is 5.59. The summed E-state index contributed by atoms with van der Waals surface area (Å²) in [6.45, 7) is 1.58. The van der Waals surface area contributed by atoms with Gasteiger partial charge in [0.1, 0.15) is 5.82 Å². The smallest absolute Gasteiger partial charge is 0.241 e. The molecule has 0 bridgehead atoms. The molecule has 0 spiro atoms. The van der Waals surface area contributed by atoms with Crippen LogP contribution in [0.1, 0.15) is 10.4 Å². The summed E-state index contributed by atoms with van der Waals surface area (Å²) in [5, 5.41) is 0. The van der Waals surface area contributed by atoms with Crippen LogP contribution in [0.4, 0.5) is 10.1 Å². The van der Waals surface area contributed by atoms with E-state index in [2.05, 4.69) is 4.72 Å². The van der Waals surface area contributed by atoms with Crippen LogP contribution < -0.4 is 10.5 Å². The van der Waals surface area contributed by atoms with Gasteiger partial charge in [0.25, 0.3) is 0 Å². The standard InChI is InChI=1S/C12H12ClFN2O2S2/c1-7-10(14)4-9(5-11(7)15)20(17,18)16-6-8-2-3-12(13)19-8/h2-5,16H,6,15H2,1H3.